The number of aromatic nitrogens is 2. The minimum absolute atomic E-state index is 0.0949. The summed E-state index contributed by atoms with van der Waals surface area (Å²) >= 11 is 1.82. The summed E-state index contributed by atoms with van der Waals surface area (Å²) in [4.78, 5) is 29.5. The summed E-state index contributed by atoms with van der Waals surface area (Å²) in [5.41, 5.74) is 1.43. The van der Waals surface area contributed by atoms with E-state index in [1.807, 2.05) is 23.2 Å². The molecule has 3 aliphatic rings. The standard InChI is InChI=1S/C19H24N4O2S/c1-12-20-17(16-13-4-2-6-15(13)26-18(16)21-12)23-7-3-5-14(23)19(24)22-8-10-25-11-9-22/h14H,2-11H2,1H3. The minimum atomic E-state index is -0.0949. The molecule has 2 aromatic heterocycles. The predicted octanol–water partition coefficient (Wildman–Crippen LogP) is 2.32. The Balaban J connectivity index is 1.55. The molecule has 0 spiro atoms. The summed E-state index contributed by atoms with van der Waals surface area (Å²) in [6.45, 7) is 5.56. The van der Waals surface area contributed by atoms with Crippen LogP contribution in [0.15, 0.2) is 0 Å². The Kier molecular flexibility index (Phi) is 4.09. The van der Waals surface area contributed by atoms with Crippen LogP contribution in [0.2, 0.25) is 0 Å². The fourth-order valence-electron chi connectivity index (χ4n) is 4.56. The SMILES string of the molecule is Cc1nc(N2CCCC2C(=O)N2CCOCC2)c2c3c(sc2n1)CCC3. The van der Waals surface area contributed by atoms with Crippen LogP contribution < -0.4 is 4.90 Å². The highest BCUT2D eigenvalue weighted by atomic mass is 32.1. The van der Waals surface area contributed by atoms with Gasteiger partial charge in [-0.25, -0.2) is 9.97 Å². The summed E-state index contributed by atoms with van der Waals surface area (Å²) < 4.78 is 5.41. The number of nitrogens with zero attached hydrogens (tertiary/aromatic N) is 4. The van der Waals surface area contributed by atoms with Crippen molar-refractivity contribution in [2.45, 2.75) is 45.1 Å². The average molecular weight is 372 g/mol. The highest BCUT2D eigenvalue weighted by Gasteiger charge is 2.37. The van der Waals surface area contributed by atoms with Gasteiger partial charge in [0.15, 0.2) is 0 Å². The fourth-order valence-corrected chi connectivity index (χ4v) is 5.86. The van der Waals surface area contributed by atoms with Crippen LogP contribution in [0.5, 0.6) is 0 Å². The van der Waals surface area contributed by atoms with Crippen molar-refractivity contribution in [2.75, 3.05) is 37.7 Å². The zero-order valence-corrected chi connectivity index (χ0v) is 16.0. The number of morpholine rings is 1. The monoisotopic (exact) mass is 372 g/mol. The van der Waals surface area contributed by atoms with Crippen molar-refractivity contribution in [1.82, 2.24) is 14.9 Å². The molecule has 4 heterocycles. The third-order valence-electron chi connectivity index (χ3n) is 5.79. The number of ether oxygens (including phenoxy) is 1. The van der Waals surface area contributed by atoms with E-state index < -0.39 is 0 Å². The highest BCUT2D eigenvalue weighted by Crippen LogP contribution is 2.42. The second-order valence-corrected chi connectivity index (χ2v) is 8.50. The molecule has 0 saturated carbocycles. The van der Waals surface area contributed by atoms with Gasteiger partial charge in [-0.2, -0.15) is 0 Å². The van der Waals surface area contributed by atoms with Crippen LogP contribution in [0.4, 0.5) is 5.82 Å². The minimum Gasteiger partial charge on any atom is -0.378 e. The van der Waals surface area contributed by atoms with E-state index in [2.05, 4.69) is 4.90 Å². The second-order valence-electron chi connectivity index (χ2n) is 7.42. The summed E-state index contributed by atoms with van der Waals surface area (Å²) in [6.07, 6.45) is 5.45. The molecule has 0 N–H and O–H groups in total. The number of rotatable bonds is 2. The number of hydrogen-bond donors (Lipinski definition) is 0. The first-order chi connectivity index (χ1) is 12.7. The number of aryl methyl sites for hydroxylation is 3. The molecule has 7 heteroatoms. The van der Waals surface area contributed by atoms with Gasteiger partial charge < -0.3 is 14.5 Å². The molecule has 1 aliphatic carbocycles. The van der Waals surface area contributed by atoms with Crippen molar-refractivity contribution >= 4 is 33.3 Å². The van der Waals surface area contributed by atoms with Gasteiger partial charge in [0.1, 0.15) is 22.5 Å². The number of hydrogen-bond acceptors (Lipinski definition) is 6. The lowest BCUT2D eigenvalue weighted by molar-refractivity contribution is -0.136. The summed E-state index contributed by atoms with van der Waals surface area (Å²) in [7, 11) is 0. The van der Waals surface area contributed by atoms with Crippen LogP contribution in [-0.4, -0.2) is 59.7 Å². The molecule has 2 fully saturated rings. The molecular formula is C19H24N4O2S. The van der Waals surface area contributed by atoms with E-state index in [0.29, 0.717) is 26.3 Å². The maximum Gasteiger partial charge on any atom is 0.245 e. The van der Waals surface area contributed by atoms with Gasteiger partial charge in [0.2, 0.25) is 5.91 Å². The lowest BCUT2D eigenvalue weighted by Gasteiger charge is -2.33. The van der Waals surface area contributed by atoms with Gasteiger partial charge >= 0.3 is 0 Å². The van der Waals surface area contributed by atoms with Crippen LogP contribution >= 0.6 is 11.3 Å². The third-order valence-corrected chi connectivity index (χ3v) is 6.98. The number of carbonyl (C=O) groups excluding carboxylic acids is 1. The highest BCUT2D eigenvalue weighted by molar-refractivity contribution is 7.19. The van der Waals surface area contributed by atoms with Crippen molar-refractivity contribution in [3.8, 4) is 0 Å². The van der Waals surface area contributed by atoms with E-state index in [9.17, 15) is 4.79 Å². The maximum atomic E-state index is 13.2. The molecule has 6 nitrogen and oxygen atoms in total. The van der Waals surface area contributed by atoms with Crippen molar-refractivity contribution in [3.05, 3.63) is 16.3 Å². The van der Waals surface area contributed by atoms with Crippen LogP contribution in [0, 0.1) is 6.92 Å². The fraction of sp³-hybridized carbons (Fsp3) is 0.632. The van der Waals surface area contributed by atoms with Gasteiger partial charge in [0, 0.05) is 24.5 Å². The first kappa shape index (κ1) is 16.4. The van der Waals surface area contributed by atoms with Gasteiger partial charge in [-0.15, -0.1) is 11.3 Å². The second kappa shape index (κ2) is 6.46. The first-order valence-corrected chi connectivity index (χ1v) is 10.5. The molecule has 138 valence electrons. The number of fused-ring (bicyclic) bond motifs is 3. The van der Waals surface area contributed by atoms with Crippen molar-refractivity contribution < 1.29 is 9.53 Å². The van der Waals surface area contributed by atoms with Crippen LogP contribution in [-0.2, 0) is 22.4 Å². The molecule has 1 unspecified atom stereocenters. The zero-order chi connectivity index (χ0) is 17.7. The van der Waals surface area contributed by atoms with Gasteiger partial charge in [0.25, 0.3) is 0 Å². The molecule has 2 aromatic rings. The van der Waals surface area contributed by atoms with Gasteiger partial charge in [-0.05, 0) is 44.6 Å². The molecule has 26 heavy (non-hydrogen) atoms. The predicted molar refractivity (Wildman–Crippen MR) is 102 cm³/mol. The number of thiophene rings is 1. The summed E-state index contributed by atoms with van der Waals surface area (Å²) in [5, 5.41) is 1.22. The number of carbonyl (C=O) groups is 1. The van der Waals surface area contributed by atoms with E-state index in [0.717, 1.165) is 48.7 Å². The van der Waals surface area contributed by atoms with E-state index in [1.165, 1.54) is 22.2 Å². The smallest absolute Gasteiger partial charge is 0.245 e. The summed E-state index contributed by atoms with van der Waals surface area (Å²) in [5.74, 6) is 2.04. The summed E-state index contributed by atoms with van der Waals surface area (Å²) in [6, 6.07) is -0.0949. The van der Waals surface area contributed by atoms with E-state index in [1.54, 1.807) is 0 Å². The Hall–Kier alpha value is -1.73. The van der Waals surface area contributed by atoms with Gasteiger partial charge in [-0.1, -0.05) is 0 Å². The Labute approximate surface area is 157 Å². The van der Waals surface area contributed by atoms with Crippen molar-refractivity contribution in [2.24, 2.45) is 0 Å². The zero-order valence-electron chi connectivity index (χ0n) is 15.2. The van der Waals surface area contributed by atoms with E-state index in [-0.39, 0.29) is 11.9 Å². The van der Waals surface area contributed by atoms with Crippen LogP contribution in [0.25, 0.3) is 10.2 Å². The quantitative estimate of drug-likeness (QED) is 0.810. The van der Waals surface area contributed by atoms with Crippen molar-refractivity contribution in [1.29, 1.82) is 0 Å². The van der Waals surface area contributed by atoms with Gasteiger partial charge in [0.05, 0.1) is 18.6 Å². The lowest BCUT2D eigenvalue weighted by atomic mass is 10.1. The molecule has 2 aliphatic heterocycles. The van der Waals surface area contributed by atoms with E-state index >= 15 is 0 Å². The Morgan fingerprint density at radius 1 is 1.15 bits per heavy atom. The number of anilines is 1. The van der Waals surface area contributed by atoms with Crippen LogP contribution in [0.3, 0.4) is 0 Å². The Morgan fingerprint density at radius 2 is 2.00 bits per heavy atom. The molecule has 1 amide bonds. The van der Waals surface area contributed by atoms with Crippen molar-refractivity contribution in [3.63, 3.8) is 0 Å². The molecular weight excluding hydrogens is 348 g/mol. The molecule has 5 rings (SSSR count). The Morgan fingerprint density at radius 3 is 2.85 bits per heavy atom. The molecule has 0 radical (unpaired) electrons. The van der Waals surface area contributed by atoms with E-state index in [4.69, 9.17) is 14.7 Å². The van der Waals surface area contributed by atoms with Gasteiger partial charge in [-0.3, -0.25) is 4.79 Å². The first-order valence-electron chi connectivity index (χ1n) is 9.64. The molecule has 0 bridgehead atoms. The van der Waals surface area contributed by atoms with Crippen LogP contribution in [0.1, 0.15) is 35.5 Å². The third kappa shape index (κ3) is 2.60. The molecule has 0 aromatic carbocycles. The number of amides is 1. The normalized spacial score (nSPS) is 23.0. The topological polar surface area (TPSA) is 58.6 Å². The average Bonchev–Trinajstić information content (AvgIpc) is 3.36. The molecule has 1 atom stereocenters. The lowest BCUT2D eigenvalue weighted by Crippen LogP contribution is -2.50. The maximum absolute atomic E-state index is 13.2. The molecule has 2 saturated heterocycles. The Bertz CT molecular complexity index is 859. The largest absolute Gasteiger partial charge is 0.378 e.